The summed E-state index contributed by atoms with van der Waals surface area (Å²) in [6.07, 6.45) is 4.62. The molecule has 176 valence electrons. The number of hydrogen-bond acceptors (Lipinski definition) is 5. The van der Waals surface area contributed by atoms with E-state index in [1.54, 1.807) is 0 Å². The van der Waals surface area contributed by atoms with Crippen molar-refractivity contribution in [1.29, 1.82) is 0 Å². The molecule has 0 radical (unpaired) electrons. The Morgan fingerprint density at radius 1 is 1.13 bits per heavy atom. The minimum atomic E-state index is -0.897. The number of anilines is 2. The molecule has 0 bridgehead atoms. The normalized spacial score (nSPS) is 15.4. The molecule has 1 aromatic carbocycles. The van der Waals surface area contributed by atoms with Crippen LogP contribution in [0.2, 0.25) is 0 Å². The molecule has 2 rings (SSSR count). The average molecular weight is 436 g/mol. The van der Waals surface area contributed by atoms with Gasteiger partial charge in [0.05, 0.1) is 24.1 Å². The molecule has 2 amide bonds. The first kappa shape index (κ1) is 26.8. The van der Waals surface area contributed by atoms with Gasteiger partial charge >= 0.3 is 12.0 Å². The Bertz CT molecular complexity index is 750. The fraction of sp³-hybridized carbons (Fsp3) is 0.667. The molecule has 0 heterocycles. The largest absolute Gasteiger partial charge is 0.467 e. The molecular formula is C24H41N3O4. The molecule has 0 aliphatic heterocycles. The summed E-state index contributed by atoms with van der Waals surface area (Å²) in [6, 6.07) is 1.78. The topological polar surface area (TPSA) is 103 Å². The maximum Gasteiger partial charge on any atom is 0.339 e. The van der Waals surface area contributed by atoms with E-state index in [-0.39, 0.29) is 12.1 Å². The number of carbonyl (C=O) groups is 2. The number of benzene rings is 1. The maximum absolute atomic E-state index is 12.5. The highest BCUT2D eigenvalue weighted by Crippen LogP contribution is 2.36. The lowest BCUT2D eigenvalue weighted by molar-refractivity contribution is -0.164. The van der Waals surface area contributed by atoms with Crippen LogP contribution < -0.4 is 16.4 Å². The van der Waals surface area contributed by atoms with Crippen LogP contribution in [0.1, 0.15) is 89.5 Å². The third-order valence-corrected chi connectivity index (χ3v) is 5.22. The molecule has 1 fully saturated rings. The first-order valence-electron chi connectivity index (χ1n) is 11.3. The fourth-order valence-electron chi connectivity index (χ4n) is 3.69. The van der Waals surface area contributed by atoms with E-state index < -0.39 is 17.7 Å². The SMILES string of the molecule is CC.COC(=O)C(OC(C)(C)C)c1cc(C)c(NC(=O)NC2CCCCC2)c(N)c1C. The van der Waals surface area contributed by atoms with Gasteiger partial charge in [0, 0.05) is 6.04 Å². The second-order valence-electron chi connectivity index (χ2n) is 8.76. The highest BCUT2D eigenvalue weighted by atomic mass is 16.6. The van der Waals surface area contributed by atoms with E-state index in [1.165, 1.54) is 13.5 Å². The molecule has 1 atom stereocenters. The summed E-state index contributed by atoms with van der Waals surface area (Å²) < 4.78 is 10.9. The van der Waals surface area contributed by atoms with Gasteiger partial charge in [0.2, 0.25) is 0 Å². The van der Waals surface area contributed by atoms with E-state index in [0.717, 1.165) is 31.2 Å². The van der Waals surface area contributed by atoms with Gasteiger partial charge in [0.25, 0.3) is 0 Å². The highest BCUT2D eigenvalue weighted by Gasteiger charge is 2.31. The zero-order valence-corrected chi connectivity index (χ0v) is 20.5. The number of methoxy groups -OCH3 is 1. The van der Waals surface area contributed by atoms with E-state index in [1.807, 2.05) is 54.5 Å². The molecule has 7 heteroatoms. The van der Waals surface area contributed by atoms with Gasteiger partial charge in [-0.3, -0.25) is 0 Å². The molecule has 1 saturated carbocycles. The summed E-state index contributed by atoms with van der Waals surface area (Å²) in [4.78, 5) is 24.9. The third-order valence-electron chi connectivity index (χ3n) is 5.22. The number of urea groups is 1. The minimum Gasteiger partial charge on any atom is -0.467 e. The first-order chi connectivity index (χ1) is 14.5. The third kappa shape index (κ3) is 7.73. The molecular weight excluding hydrogens is 394 g/mol. The van der Waals surface area contributed by atoms with E-state index in [0.29, 0.717) is 22.5 Å². The number of nitrogen functional groups attached to an aromatic ring is 1. The molecule has 4 N–H and O–H groups in total. The fourth-order valence-corrected chi connectivity index (χ4v) is 3.69. The van der Waals surface area contributed by atoms with Crippen molar-refractivity contribution in [3.05, 3.63) is 22.8 Å². The number of ether oxygens (including phenoxy) is 2. The number of rotatable bonds is 5. The monoisotopic (exact) mass is 435 g/mol. The average Bonchev–Trinajstić information content (AvgIpc) is 2.73. The van der Waals surface area contributed by atoms with Crippen molar-refractivity contribution in [3.63, 3.8) is 0 Å². The molecule has 1 aliphatic carbocycles. The van der Waals surface area contributed by atoms with Gasteiger partial charge in [0.15, 0.2) is 6.10 Å². The van der Waals surface area contributed by atoms with Crippen molar-refractivity contribution in [2.45, 2.75) is 98.3 Å². The maximum atomic E-state index is 12.5. The van der Waals surface area contributed by atoms with Crippen molar-refractivity contribution in [2.75, 3.05) is 18.2 Å². The Morgan fingerprint density at radius 2 is 1.71 bits per heavy atom. The van der Waals surface area contributed by atoms with E-state index in [4.69, 9.17) is 15.2 Å². The van der Waals surface area contributed by atoms with Crippen LogP contribution in [0.15, 0.2) is 6.07 Å². The standard InChI is InChI=1S/C22H35N3O4.C2H6/c1-13-12-16(19(20(26)28-6)29-22(3,4)5)14(2)17(23)18(13)25-21(27)24-15-10-8-7-9-11-15;1-2/h12,15,19H,7-11,23H2,1-6H3,(H2,24,25,27);1-2H3. The van der Waals surface area contributed by atoms with Crippen molar-refractivity contribution in [2.24, 2.45) is 0 Å². The van der Waals surface area contributed by atoms with E-state index in [2.05, 4.69) is 10.6 Å². The molecule has 0 saturated heterocycles. The van der Waals surface area contributed by atoms with Crippen LogP contribution in [0.25, 0.3) is 0 Å². The Kier molecular flexibility index (Phi) is 10.3. The summed E-state index contributed by atoms with van der Waals surface area (Å²) >= 11 is 0. The lowest BCUT2D eigenvalue weighted by Gasteiger charge is -2.28. The van der Waals surface area contributed by atoms with Gasteiger partial charge in [-0.2, -0.15) is 0 Å². The molecule has 0 spiro atoms. The van der Waals surface area contributed by atoms with Gasteiger partial charge in [-0.25, -0.2) is 9.59 Å². The number of hydrogen-bond donors (Lipinski definition) is 3. The molecule has 1 aliphatic rings. The van der Waals surface area contributed by atoms with Crippen molar-refractivity contribution < 1.29 is 19.1 Å². The Hall–Kier alpha value is -2.28. The smallest absolute Gasteiger partial charge is 0.339 e. The number of nitrogens with two attached hydrogens (primary N) is 1. The van der Waals surface area contributed by atoms with Crippen molar-refractivity contribution in [3.8, 4) is 0 Å². The summed E-state index contributed by atoms with van der Waals surface area (Å²) in [5.41, 5.74) is 8.86. The van der Waals surface area contributed by atoms with E-state index >= 15 is 0 Å². The lowest BCUT2D eigenvalue weighted by atomic mass is 9.95. The van der Waals surface area contributed by atoms with Crippen LogP contribution in [0.4, 0.5) is 16.2 Å². The van der Waals surface area contributed by atoms with Crippen LogP contribution in [0.3, 0.4) is 0 Å². The Balaban J connectivity index is 0.00000233. The number of carbonyl (C=O) groups excluding carboxylic acids is 2. The van der Waals surface area contributed by atoms with Gasteiger partial charge in [-0.1, -0.05) is 39.2 Å². The summed E-state index contributed by atoms with van der Waals surface area (Å²) in [7, 11) is 1.33. The Morgan fingerprint density at radius 3 is 2.23 bits per heavy atom. The number of esters is 1. The van der Waals surface area contributed by atoms with E-state index in [9.17, 15) is 9.59 Å². The van der Waals surface area contributed by atoms with Crippen LogP contribution in [-0.4, -0.2) is 30.8 Å². The highest BCUT2D eigenvalue weighted by molar-refractivity contribution is 5.95. The predicted molar refractivity (Wildman–Crippen MR) is 126 cm³/mol. The summed E-state index contributed by atoms with van der Waals surface area (Å²) in [5.74, 6) is -0.488. The lowest BCUT2D eigenvalue weighted by Crippen LogP contribution is -2.39. The van der Waals surface area contributed by atoms with Crippen molar-refractivity contribution in [1.82, 2.24) is 5.32 Å². The Labute approximate surface area is 187 Å². The molecule has 31 heavy (non-hydrogen) atoms. The van der Waals surface area contributed by atoms with Crippen LogP contribution in [-0.2, 0) is 14.3 Å². The quantitative estimate of drug-likeness (QED) is 0.425. The van der Waals surface area contributed by atoms with Gasteiger partial charge in [0.1, 0.15) is 0 Å². The van der Waals surface area contributed by atoms with Gasteiger partial charge < -0.3 is 25.8 Å². The second kappa shape index (κ2) is 11.9. The number of nitrogens with one attached hydrogen (secondary N) is 2. The zero-order chi connectivity index (χ0) is 23.8. The molecule has 1 unspecified atom stereocenters. The molecule has 0 aromatic heterocycles. The van der Waals surface area contributed by atoms with Crippen LogP contribution >= 0.6 is 0 Å². The van der Waals surface area contributed by atoms with Crippen LogP contribution in [0.5, 0.6) is 0 Å². The zero-order valence-electron chi connectivity index (χ0n) is 20.5. The summed E-state index contributed by atoms with van der Waals surface area (Å²) in [6.45, 7) is 13.3. The van der Waals surface area contributed by atoms with Gasteiger partial charge in [-0.05, 0) is 64.2 Å². The van der Waals surface area contributed by atoms with Crippen LogP contribution in [0, 0.1) is 13.8 Å². The predicted octanol–water partition coefficient (Wildman–Crippen LogP) is 5.40. The second-order valence-corrected chi connectivity index (χ2v) is 8.76. The minimum absolute atomic E-state index is 0.203. The summed E-state index contributed by atoms with van der Waals surface area (Å²) in [5, 5.41) is 5.92. The molecule has 7 nitrogen and oxygen atoms in total. The van der Waals surface area contributed by atoms with Gasteiger partial charge in [-0.15, -0.1) is 0 Å². The number of amides is 2. The number of aryl methyl sites for hydroxylation is 1. The van der Waals surface area contributed by atoms with Crippen molar-refractivity contribution >= 4 is 23.4 Å². The molecule has 1 aromatic rings. The first-order valence-corrected chi connectivity index (χ1v) is 11.3.